The lowest BCUT2D eigenvalue weighted by Gasteiger charge is -1.79. The summed E-state index contributed by atoms with van der Waals surface area (Å²) >= 11 is 0. The first kappa shape index (κ1) is 3.12. The average molecular weight is 71.1 g/mol. The fourth-order valence-corrected chi connectivity index (χ4v) is 0.228. The molecule has 1 rings (SSSR count). The predicted octanol–water partition coefficient (Wildman–Crippen LogP) is -0.0637. The van der Waals surface area contributed by atoms with Crippen LogP contribution < -0.4 is 11.3 Å². The minimum atomic E-state index is 0.551. The second-order valence-corrected chi connectivity index (χ2v) is 1.42. The van der Waals surface area contributed by atoms with Crippen molar-refractivity contribution in [2.24, 2.45) is 0 Å². The Morgan fingerprint density at radius 3 is 2.20 bits per heavy atom. The lowest BCUT2D eigenvalue weighted by Crippen LogP contribution is -2.10. The molecule has 0 atom stereocenters. The van der Waals surface area contributed by atoms with Gasteiger partial charge < -0.3 is 0 Å². The van der Waals surface area contributed by atoms with E-state index in [1.54, 1.807) is 0 Å². The molecule has 5 heavy (non-hydrogen) atoms. The molecule has 0 heterocycles. The molecular formula is C3H7N2. The fourth-order valence-electron chi connectivity index (χ4n) is 0.228. The van der Waals surface area contributed by atoms with E-state index in [9.17, 15) is 0 Å². The maximum atomic E-state index is 6.47. The van der Waals surface area contributed by atoms with Gasteiger partial charge in [0.05, 0.1) is 0 Å². The monoisotopic (exact) mass is 71.1 g/mol. The summed E-state index contributed by atoms with van der Waals surface area (Å²) in [6.45, 7) is 0. The van der Waals surface area contributed by atoms with Crippen LogP contribution >= 0.6 is 0 Å². The third-order valence-corrected chi connectivity index (χ3v) is 0.781. The summed E-state index contributed by atoms with van der Waals surface area (Å²) in [6, 6.07) is 0.551. The van der Waals surface area contributed by atoms with Crippen molar-refractivity contribution in [3.63, 3.8) is 0 Å². The summed E-state index contributed by atoms with van der Waals surface area (Å²) in [7, 11) is 0. The Morgan fingerprint density at radius 2 is 2.20 bits per heavy atom. The molecule has 0 spiro atoms. The third kappa shape index (κ3) is 0.597. The minimum Gasteiger partial charge on any atom is -0.240 e. The Labute approximate surface area is 31.3 Å². The van der Waals surface area contributed by atoms with Gasteiger partial charge in [-0.1, -0.05) is 0 Å². The van der Waals surface area contributed by atoms with Crippen LogP contribution in [-0.4, -0.2) is 6.04 Å². The standard InChI is InChI=1S/C3H7N2/c4-5-3-1-2-3/h3-5H,1-2H2. The van der Waals surface area contributed by atoms with Crippen molar-refractivity contribution in [2.45, 2.75) is 18.9 Å². The molecule has 0 aliphatic heterocycles. The second kappa shape index (κ2) is 0.954. The van der Waals surface area contributed by atoms with Crippen LogP contribution in [0.2, 0.25) is 0 Å². The Morgan fingerprint density at radius 1 is 1.60 bits per heavy atom. The van der Waals surface area contributed by atoms with Gasteiger partial charge in [-0.25, -0.2) is 5.43 Å². The van der Waals surface area contributed by atoms with Gasteiger partial charge in [0.1, 0.15) is 0 Å². The summed E-state index contributed by atoms with van der Waals surface area (Å²) in [5.41, 5.74) is 2.39. The number of rotatable bonds is 1. The Hall–Kier alpha value is -0.0800. The first-order valence-corrected chi connectivity index (χ1v) is 1.86. The molecule has 1 saturated carbocycles. The maximum Gasteiger partial charge on any atom is 0.0227 e. The van der Waals surface area contributed by atoms with Crippen LogP contribution in [0.15, 0.2) is 0 Å². The van der Waals surface area contributed by atoms with E-state index in [-0.39, 0.29) is 0 Å². The van der Waals surface area contributed by atoms with Gasteiger partial charge >= 0.3 is 0 Å². The molecule has 0 amide bonds. The largest absolute Gasteiger partial charge is 0.240 e. The number of hydrogen-bond donors (Lipinski definition) is 1. The van der Waals surface area contributed by atoms with Crippen LogP contribution in [0.4, 0.5) is 0 Å². The topological polar surface area (TPSA) is 35.8 Å². The molecule has 1 fully saturated rings. The van der Waals surface area contributed by atoms with Crippen molar-refractivity contribution >= 4 is 0 Å². The molecule has 0 aromatic heterocycles. The summed E-state index contributed by atoms with van der Waals surface area (Å²) < 4.78 is 0. The third-order valence-electron chi connectivity index (χ3n) is 0.781. The van der Waals surface area contributed by atoms with Gasteiger partial charge in [0, 0.05) is 6.04 Å². The maximum absolute atomic E-state index is 6.47. The van der Waals surface area contributed by atoms with Crippen LogP contribution in [0.5, 0.6) is 0 Å². The van der Waals surface area contributed by atoms with E-state index < -0.39 is 0 Å². The van der Waals surface area contributed by atoms with Crippen molar-refractivity contribution in [1.82, 2.24) is 11.3 Å². The van der Waals surface area contributed by atoms with E-state index in [1.165, 1.54) is 12.8 Å². The molecule has 2 heteroatoms. The molecule has 2 nitrogen and oxygen atoms in total. The highest BCUT2D eigenvalue weighted by Gasteiger charge is 2.18. The van der Waals surface area contributed by atoms with Crippen molar-refractivity contribution in [3.8, 4) is 0 Å². The second-order valence-electron chi connectivity index (χ2n) is 1.42. The van der Waals surface area contributed by atoms with Gasteiger partial charge in [0.2, 0.25) is 0 Å². The van der Waals surface area contributed by atoms with E-state index in [0.717, 1.165) is 0 Å². The van der Waals surface area contributed by atoms with Gasteiger partial charge in [0.15, 0.2) is 0 Å². The van der Waals surface area contributed by atoms with Crippen LogP contribution in [0.1, 0.15) is 12.8 Å². The first-order valence-electron chi connectivity index (χ1n) is 1.86. The van der Waals surface area contributed by atoms with E-state index in [1.807, 2.05) is 0 Å². The molecule has 1 aliphatic rings. The Bertz CT molecular complexity index is 31.9. The molecule has 1 aliphatic carbocycles. The van der Waals surface area contributed by atoms with Crippen LogP contribution in [0.25, 0.3) is 0 Å². The lowest BCUT2D eigenvalue weighted by atomic mass is 10.8. The van der Waals surface area contributed by atoms with Crippen LogP contribution in [-0.2, 0) is 0 Å². The molecule has 2 N–H and O–H groups in total. The minimum absolute atomic E-state index is 0.551. The summed E-state index contributed by atoms with van der Waals surface area (Å²) in [6.07, 6.45) is 2.42. The lowest BCUT2D eigenvalue weighted by molar-refractivity contribution is 0.708. The quantitative estimate of drug-likeness (QED) is 0.432. The SMILES string of the molecule is [NH]NC1CC1. The Balaban J connectivity index is 2.00. The zero-order valence-electron chi connectivity index (χ0n) is 2.99. The summed E-state index contributed by atoms with van der Waals surface area (Å²) in [4.78, 5) is 0. The van der Waals surface area contributed by atoms with Gasteiger partial charge in [-0.2, -0.15) is 5.84 Å². The van der Waals surface area contributed by atoms with Crippen LogP contribution in [0.3, 0.4) is 0 Å². The van der Waals surface area contributed by atoms with Gasteiger partial charge in [-0.05, 0) is 12.8 Å². The molecule has 0 aromatic carbocycles. The molecule has 0 aromatic rings. The highest BCUT2D eigenvalue weighted by Crippen LogP contribution is 2.16. The molecular weight excluding hydrogens is 64.0 g/mol. The van der Waals surface area contributed by atoms with Crippen LogP contribution in [0, 0.1) is 0 Å². The zero-order chi connectivity index (χ0) is 3.70. The smallest absolute Gasteiger partial charge is 0.0227 e. The van der Waals surface area contributed by atoms with Gasteiger partial charge in [-0.3, -0.25) is 0 Å². The Kier molecular flexibility index (Phi) is 0.596. The van der Waals surface area contributed by atoms with E-state index >= 15 is 0 Å². The average Bonchev–Trinajstić information content (AvgIpc) is 2.12. The van der Waals surface area contributed by atoms with E-state index in [0.29, 0.717) is 6.04 Å². The first-order chi connectivity index (χ1) is 2.43. The highest BCUT2D eigenvalue weighted by molar-refractivity contribution is 4.77. The van der Waals surface area contributed by atoms with E-state index in [2.05, 4.69) is 5.43 Å². The molecule has 0 bridgehead atoms. The fraction of sp³-hybridized carbons (Fsp3) is 1.00. The molecule has 29 valence electrons. The summed E-state index contributed by atoms with van der Waals surface area (Å²) in [5.74, 6) is 6.47. The molecule has 0 saturated heterocycles. The molecule has 1 radical (unpaired) electrons. The number of hydrogen-bond acceptors (Lipinski definition) is 1. The zero-order valence-corrected chi connectivity index (χ0v) is 2.99. The van der Waals surface area contributed by atoms with Crippen molar-refractivity contribution in [1.29, 1.82) is 0 Å². The van der Waals surface area contributed by atoms with E-state index in [4.69, 9.17) is 5.84 Å². The summed E-state index contributed by atoms with van der Waals surface area (Å²) in [5, 5.41) is 0. The van der Waals surface area contributed by atoms with Crippen molar-refractivity contribution in [3.05, 3.63) is 0 Å². The van der Waals surface area contributed by atoms with Crippen molar-refractivity contribution in [2.75, 3.05) is 0 Å². The normalized spacial score (nSPS) is 23.4. The van der Waals surface area contributed by atoms with Crippen molar-refractivity contribution < 1.29 is 0 Å². The molecule has 0 unspecified atom stereocenters. The highest BCUT2D eigenvalue weighted by atomic mass is 15.2. The number of nitrogens with one attached hydrogen (secondary N) is 2. The predicted molar refractivity (Wildman–Crippen MR) is 19.3 cm³/mol. The van der Waals surface area contributed by atoms with Gasteiger partial charge in [-0.15, -0.1) is 0 Å². The van der Waals surface area contributed by atoms with Gasteiger partial charge in [0.25, 0.3) is 0 Å².